The summed E-state index contributed by atoms with van der Waals surface area (Å²) in [6, 6.07) is 1.51. The minimum absolute atomic E-state index is 0.112. The SMILES string of the molecule is Cc1nonc1NS(=O)(=O)c1ccsc1. The molecule has 2 aromatic heterocycles. The number of hydrogen-bond donors (Lipinski definition) is 1. The van der Waals surface area contributed by atoms with E-state index in [1.54, 1.807) is 12.3 Å². The topological polar surface area (TPSA) is 85.1 Å². The number of nitrogens with zero attached hydrogens (tertiary/aromatic N) is 2. The average molecular weight is 245 g/mol. The van der Waals surface area contributed by atoms with Gasteiger partial charge in [-0.2, -0.15) is 11.3 Å². The zero-order valence-electron chi connectivity index (χ0n) is 7.67. The summed E-state index contributed by atoms with van der Waals surface area (Å²) >= 11 is 1.30. The van der Waals surface area contributed by atoms with Crippen molar-refractivity contribution in [3.63, 3.8) is 0 Å². The Hall–Kier alpha value is -1.41. The lowest BCUT2D eigenvalue weighted by Crippen LogP contribution is -2.12. The van der Waals surface area contributed by atoms with Gasteiger partial charge in [0.05, 0.1) is 4.90 Å². The third-order valence-electron chi connectivity index (χ3n) is 1.69. The van der Waals surface area contributed by atoms with Crippen LogP contribution in [0.4, 0.5) is 5.82 Å². The van der Waals surface area contributed by atoms with E-state index in [4.69, 9.17) is 0 Å². The molecular weight excluding hydrogens is 238 g/mol. The van der Waals surface area contributed by atoms with Crippen LogP contribution < -0.4 is 4.72 Å². The monoisotopic (exact) mass is 245 g/mol. The molecule has 0 aliphatic rings. The van der Waals surface area contributed by atoms with Gasteiger partial charge in [-0.05, 0) is 23.5 Å². The van der Waals surface area contributed by atoms with Gasteiger partial charge in [0.1, 0.15) is 5.69 Å². The van der Waals surface area contributed by atoms with Gasteiger partial charge in [0.2, 0.25) is 5.82 Å². The van der Waals surface area contributed by atoms with Crippen LogP contribution in [0.5, 0.6) is 0 Å². The van der Waals surface area contributed by atoms with Crippen molar-refractivity contribution in [1.29, 1.82) is 0 Å². The second-order valence-electron chi connectivity index (χ2n) is 2.76. The molecule has 0 aliphatic heterocycles. The quantitative estimate of drug-likeness (QED) is 0.879. The Bertz CT molecular complexity index is 544. The molecule has 1 N–H and O–H groups in total. The summed E-state index contributed by atoms with van der Waals surface area (Å²) in [6.45, 7) is 1.60. The summed E-state index contributed by atoms with van der Waals surface area (Å²) in [5.74, 6) is 0.112. The molecule has 0 saturated carbocycles. The third kappa shape index (κ3) is 2.00. The van der Waals surface area contributed by atoms with E-state index >= 15 is 0 Å². The first kappa shape index (κ1) is 10.1. The Morgan fingerprint density at radius 3 is 2.80 bits per heavy atom. The lowest BCUT2D eigenvalue weighted by Gasteiger charge is -2.01. The predicted octanol–water partition coefficient (Wildman–Crippen LogP) is 1.24. The van der Waals surface area contributed by atoms with Gasteiger partial charge in [0.15, 0.2) is 0 Å². The van der Waals surface area contributed by atoms with Crippen molar-refractivity contribution in [2.45, 2.75) is 11.8 Å². The molecule has 2 aromatic rings. The van der Waals surface area contributed by atoms with E-state index < -0.39 is 10.0 Å². The molecule has 0 bridgehead atoms. The smallest absolute Gasteiger partial charge is 0.259 e. The van der Waals surface area contributed by atoms with E-state index in [1.165, 1.54) is 22.8 Å². The van der Waals surface area contributed by atoms with Crippen molar-refractivity contribution >= 4 is 27.2 Å². The molecule has 0 saturated heterocycles. The van der Waals surface area contributed by atoms with E-state index in [2.05, 4.69) is 19.7 Å². The Morgan fingerprint density at radius 2 is 2.27 bits per heavy atom. The zero-order valence-corrected chi connectivity index (χ0v) is 9.30. The molecule has 2 heterocycles. The molecule has 0 fully saturated rings. The third-order valence-corrected chi connectivity index (χ3v) is 3.86. The number of nitrogens with one attached hydrogen (secondary N) is 1. The Balaban J connectivity index is 2.31. The number of thiophene rings is 1. The van der Waals surface area contributed by atoms with Crippen LogP contribution in [0.2, 0.25) is 0 Å². The van der Waals surface area contributed by atoms with Crippen molar-refractivity contribution in [2.75, 3.05) is 4.72 Å². The van der Waals surface area contributed by atoms with Gasteiger partial charge in [-0.25, -0.2) is 13.0 Å². The zero-order chi connectivity index (χ0) is 10.9. The summed E-state index contributed by atoms with van der Waals surface area (Å²) in [7, 11) is -3.56. The van der Waals surface area contributed by atoms with Crippen LogP contribution in [0, 0.1) is 6.92 Å². The molecule has 80 valence electrons. The normalized spacial score (nSPS) is 11.5. The van der Waals surface area contributed by atoms with Crippen molar-refractivity contribution in [2.24, 2.45) is 0 Å². The van der Waals surface area contributed by atoms with Gasteiger partial charge in [0, 0.05) is 5.38 Å². The fourth-order valence-electron chi connectivity index (χ4n) is 0.915. The molecule has 0 atom stereocenters. The summed E-state index contributed by atoms with van der Waals surface area (Å²) in [4.78, 5) is 0.204. The molecule has 15 heavy (non-hydrogen) atoms. The lowest BCUT2D eigenvalue weighted by atomic mass is 10.5. The van der Waals surface area contributed by atoms with Gasteiger partial charge in [0.25, 0.3) is 10.0 Å². The second-order valence-corrected chi connectivity index (χ2v) is 5.23. The molecule has 0 aromatic carbocycles. The number of sulfonamides is 1. The Kier molecular flexibility index (Phi) is 2.45. The van der Waals surface area contributed by atoms with Crippen LogP contribution in [-0.4, -0.2) is 18.7 Å². The fraction of sp³-hybridized carbons (Fsp3) is 0.143. The highest BCUT2D eigenvalue weighted by Crippen LogP contribution is 2.18. The highest BCUT2D eigenvalue weighted by Gasteiger charge is 2.17. The number of aromatic nitrogens is 2. The summed E-state index contributed by atoms with van der Waals surface area (Å²) in [6.07, 6.45) is 0. The van der Waals surface area contributed by atoms with Crippen LogP contribution >= 0.6 is 11.3 Å². The largest absolute Gasteiger partial charge is 0.264 e. The minimum atomic E-state index is -3.56. The van der Waals surface area contributed by atoms with Crippen LogP contribution in [0.25, 0.3) is 0 Å². The maximum atomic E-state index is 11.7. The number of anilines is 1. The molecule has 0 amide bonds. The van der Waals surface area contributed by atoms with Crippen molar-refractivity contribution in [3.05, 3.63) is 22.5 Å². The van der Waals surface area contributed by atoms with Gasteiger partial charge in [-0.3, -0.25) is 4.72 Å². The van der Waals surface area contributed by atoms with Gasteiger partial charge >= 0.3 is 0 Å². The Morgan fingerprint density at radius 1 is 1.47 bits per heavy atom. The number of hydrogen-bond acceptors (Lipinski definition) is 6. The van der Waals surface area contributed by atoms with Crippen LogP contribution in [-0.2, 0) is 10.0 Å². The molecule has 8 heteroatoms. The predicted molar refractivity (Wildman–Crippen MR) is 54.2 cm³/mol. The first-order valence-corrected chi connectivity index (χ1v) is 6.36. The maximum absolute atomic E-state index is 11.7. The van der Waals surface area contributed by atoms with Gasteiger partial charge in [-0.1, -0.05) is 5.16 Å². The van der Waals surface area contributed by atoms with E-state index in [1.807, 2.05) is 0 Å². The van der Waals surface area contributed by atoms with Gasteiger partial charge in [-0.15, -0.1) is 0 Å². The fourth-order valence-corrected chi connectivity index (χ4v) is 3.00. The highest BCUT2D eigenvalue weighted by atomic mass is 32.2. The number of aryl methyl sites for hydroxylation is 1. The number of rotatable bonds is 3. The summed E-state index contributed by atoms with van der Waals surface area (Å²) in [5, 5.41) is 10.1. The van der Waals surface area contributed by atoms with E-state index in [0.29, 0.717) is 5.69 Å². The molecule has 0 aliphatic carbocycles. The first-order valence-electron chi connectivity index (χ1n) is 3.94. The Labute approximate surface area is 89.9 Å². The van der Waals surface area contributed by atoms with Crippen LogP contribution in [0.1, 0.15) is 5.69 Å². The van der Waals surface area contributed by atoms with E-state index in [9.17, 15) is 8.42 Å². The van der Waals surface area contributed by atoms with Crippen LogP contribution in [0.3, 0.4) is 0 Å². The molecule has 0 unspecified atom stereocenters. The second kappa shape index (κ2) is 3.63. The molecule has 0 radical (unpaired) electrons. The first-order chi connectivity index (χ1) is 7.09. The maximum Gasteiger partial charge on any atom is 0.264 e. The van der Waals surface area contributed by atoms with Crippen molar-refractivity contribution < 1.29 is 13.0 Å². The summed E-state index contributed by atoms with van der Waals surface area (Å²) in [5.41, 5.74) is 0.397. The average Bonchev–Trinajstić information content (AvgIpc) is 2.77. The molecule has 2 rings (SSSR count). The molecule has 0 spiro atoms. The molecular formula is C7H7N3O3S2. The van der Waals surface area contributed by atoms with Crippen molar-refractivity contribution in [1.82, 2.24) is 10.3 Å². The van der Waals surface area contributed by atoms with E-state index in [-0.39, 0.29) is 10.7 Å². The standard InChI is InChI=1S/C7H7N3O3S2/c1-5-7(9-13-8-5)10-15(11,12)6-2-3-14-4-6/h2-4H,1H3,(H,9,10). The van der Waals surface area contributed by atoms with E-state index in [0.717, 1.165) is 0 Å². The van der Waals surface area contributed by atoms with Crippen LogP contribution in [0.15, 0.2) is 26.4 Å². The van der Waals surface area contributed by atoms with Gasteiger partial charge < -0.3 is 0 Å². The highest BCUT2D eigenvalue weighted by molar-refractivity contribution is 7.92. The summed E-state index contributed by atoms with van der Waals surface area (Å²) < 4.78 is 30.1. The van der Waals surface area contributed by atoms with Crippen molar-refractivity contribution in [3.8, 4) is 0 Å². The molecule has 6 nitrogen and oxygen atoms in total. The minimum Gasteiger partial charge on any atom is -0.259 e. The lowest BCUT2D eigenvalue weighted by molar-refractivity contribution is 0.306.